The fourth-order valence-electron chi connectivity index (χ4n) is 1.02. The van der Waals surface area contributed by atoms with Crippen LogP contribution in [0, 0.1) is 0 Å². The van der Waals surface area contributed by atoms with Crippen molar-refractivity contribution in [2.75, 3.05) is 6.61 Å². The maximum atomic E-state index is 12.1. The molecular weight excluding hydrogens is 231 g/mol. The highest BCUT2D eigenvalue weighted by atomic mass is 35.5. The van der Waals surface area contributed by atoms with Crippen LogP contribution < -0.4 is 5.73 Å². The Labute approximate surface area is 91.3 Å². The SMILES string of the molecule is Cl.N[C@@H](CO)c1ccc(C(F)(F)F)cc1. The normalized spacial score (nSPS) is 13.1. The molecule has 0 saturated heterocycles. The second-order valence-corrected chi connectivity index (χ2v) is 2.91. The van der Waals surface area contributed by atoms with E-state index in [1.165, 1.54) is 12.1 Å². The largest absolute Gasteiger partial charge is 0.416 e. The molecule has 0 fully saturated rings. The van der Waals surface area contributed by atoms with Crippen molar-refractivity contribution in [3.8, 4) is 0 Å². The van der Waals surface area contributed by atoms with Crippen LogP contribution in [0.15, 0.2) is 24.3 Å². The zero-order valence-corrected chi connectivity index (χ0v) is 8.48. The van der Waals surface area contributed by atoms with E-state index in [2.05, 4.69) is 0 Å². The molecule has 1 aromatic carbocycles. The summed E-state index contributed by atoms with van der Waals surface area (Å²) in [5, 5.41) is 8.67. The Bertz CT molecular complexity index is 299. The summed E-state index contributed by atoms with van der Waals surface area (Å²) in [5.74, 6) is 0. The van der Waals surface area contributed by atoms with E-state index in [0.29, 0.717) is 5.56 Å². The van der Waals surface area contributed by atoms with Crippen LogP contribution in [0.3, 0.4) is 0 Å². The van der Waals surface area contributed by atoms with Crippen LogP contribution in [0.25, 0.3) is 0 Å². The van der Waals surface area contributed by atoms with Gasteiger partial charge in [-0.25, -0.2) is 0 Å². The van der Waals surface area contributed by atoms with Crippen molar-refractivity contribution >= 4 is 12.4 Å². The zero-order chi connectivity index (χ0) is 10.8. The Kier molecular flexibility index (Phi) is 5.07. The molecule has 2 nitrogen and oxygen atoms in total. The highest BCUT2D eigenvalue weighted by Crippen LogP contribution is 2.29. The van der Waals surface area contributed by atoms with Crippen molar-refractivity contribution in [3.05, 3.63) is 35.4 Å². The van der Waals surface area contributed by atoms with Crippen LogP contribution in [0.2, 0.25) is 0 Å². The number of hydrogen-bond acceptors (Lipinski definition) is 2. The van der Waals surface area contributed by atoms with Crippen LogP contribution >= 0.6 is 12.4 Å². The average Bonchev–Trinajstić information content (AvgIpc) is 2.15. The van der Waals surface area contributed by atoms with Crippen molar-refractivity contribution < 1.29 is 18.3 Å². The topological polar surface area (TPSA) is 46.2 Å². The van der Waals surface area contributed by atoms with Crippen LogP contribution in [-0.2, 0) is 6.18 Å². The molecule has 1 aromatic rings. The summed E-state index contributed by atoms with van der Waals surface area (Å²) in [5.41, 5.74) is 5.19. The molecule has 0 spiro atoms. The third-order valence-electron chi connectivity index (χ3n) is 1.86. The Hall–Kier alpha value is -0.780. The number of alkyl halides is 3. The molecule has 6 heteroatoms. The molecular formula is C9H11ClF3NO. The van der Waals surface area contributed by atoms with E-state index in [1.54, 1.807) is 0 Å². The Morgan fingerprint density at radius 1 is 1.20 bits per heavy atom. The number of rotatable bonds is 2. The molecule has 0 aromatic heterocycles. The molecule has 0 aliphatic rings. The van der Waals surface area contributed by atoms with Gasteiger partial charge in [0.15, 0.2) is 0 Å². The predicted molar refractivity (Wildman–Crippen MR) is 52.7 cm³/mol. The van der Waals surface area contributed by atoms with Gasteiger partial charge in [-0.05, 0) is 17.7 Å². The highest BCUT2D eigenvalue weighted by Gasteiger charge is 2.30. The third kappa shape index (κ3) is 3.70. The Morgan fingerprint density at radius 2 is 1.67 bits per heavy atom. The maximum absolute atomic E-state index is 12.1. The standard InChI is InChI=1S/C9H10F3NO.ClH/c10-9(11,12)7-3-1-6(2-4-7)8(13)5-14;/h1-4,8,14H,5,13H2;1H/t8-;/m0./s1. The lowest BCUT2D eigenvalue weighted by Gasteiger charge is -2.10. The molecule has 0 heterocycles. The van der Waals surface area contributed by atoms with Crippen molar-refractivity contribution in [2.45, 2.75) is 12.2 Å². The first-order valence-electron chi connectivity index (χ1n) is 3.98. The van der Waals surface area contributed by atoms with Gasteiger partial charge in [-0.1, -0.05) is 12.1 Å². The molecule has 0 bridgehead atoms. The summed E-state index contributed by atoms with van der Waals surface area (Å²) in [4.78, 5) is 0. The van der Waals surface area contributed by atoms with Crippen LogP contribution in [0.4, 0.5) is 13.2 Å². The van der Waals surface area contributed by atoms with E-state index in [0.717, 1.165) is 12.1 Å². The average molecular weight is 242 g/mol. The smallest absolute Gasteiger partial charge is 0.394 e. The van der Waals surface area contributed by atoms with E-state index in [4.69, 9.17) is 10.8 Å². The first-order chi connectivity index (χ1) is 6.45. The molecule has 1 atom stereocenters. The summed E-state index contributed by atoms with van der Waals surface area (Å²) in [7, 11) is 0. The van der Waals surface area contributed by atoms with E-state index < -0.39 is 17.8 Å². The van der Waals surface area contributed by atoms with Gasteiger partial charge in [-0.3, -0.25) is 0 Å². The molecule has 0 saturated carbocycles. The van der Waals surface area contributed by atoms with E-state index in [-0.39, 0.29) is 19.0 Å². The van der Waals surface area contributed by atoms with Gasteiger partial charge in [0.1, 0.15) is 0 Å². The van der Waals surface area contributed by atoms with Gasteiger partial charge in [-0.2, -0.15) is 13.2 Å². The summed E-state index contributed by atoms with van der Waals surface area (Å²) in [6.07, 6.45) is -4.33. The first kappa shape index (κ1) is 14.2. The molecule has 1 rings (SSSR count). The monoisotopic (exact) mass is 241 g/mol. The number of hydrogen-bond donors (Lipinski definition) is 2. The van der Waals surface area contributed by atoms with Gasteiger partial charge >= 0.3 is 6.18 Å². The second-order valence-electron chi connectivity index (χ2n) is 2.91. The van der Waals surface area contributed by atoms with Crippen molar-refractivity contribution in [3.63, 3.8) is 0 Å². The molecule has 3 N–H and O–H groups in total. The van der Waals surface area contributed by atoms with Gasteiger partial charge in [0.05, 0.1) is 18.2 Å². The fraction of sp³-hybridized carbons (Fsp3) is 0.333. The molecule has 86 valence electrons. The van der Waals surface area contributed by atoms with Crippen molar-refractivity contribution in [1.82, 2.24) is 0 Å². The van der Waals surface area contributed by atoms with Gasteiger partial charge in [0.25, 0.3) is 0 Å². The number of nitrogens with two attached hydrogens (primary N) is 1. The maximum Gasteiger partial charge on any atom is 0.416 e. The first-order valence-corrected chi connectivity index (χ1v) is 3.98. The lowest BCUT2D eigenvalue weighted by molar-refractivity contribution is -0.137. The Morgan fingerprint density at radius 3 is 2.00 bits per heavy atom. The van der Waals surface area contributed by atoms with E-state index in [9.17, 15) is 13.2 Å². The van der Waals surface area contributed by atoms with Gasteiger partial charge in [0.2, 0.25) is 0 Å². The minimum Gasteiger partial charge on any atom is -0.394 e. The molecule has 0 aliphatic carbocycles. The van der Waals surface area contributed by atoms with Crippen molar-refractivity contribution in [2.24, 2.45) is 5.73 Å². The van der Waals surface area contributed by atoms with E-state index in [1.807, 2.05) is 0 Å². The van der Waals surface area contributed by atoms with Crippen LogP contribution in [0.1, 0.15) is 17.2 Å². The summed E-state index contributed by atoms with van der Waals surface area (Å²) in [6.45, 7) is -0.286. The van der Waals surface area contributed by atoms with Crippen LogP contribution in [-0.4, -0.2) is 11.7 Å². The van der Waals surface area contributed by atoms with Crippen LogP contribution in [0.5, 0.6) is 0 Å². The molecule has 0 radical (unpaired) electrons. The molecule has 0 unspecified atom stereocenters. The summed E-state index contributed by atoms with van der Waals surface area (Å²) in [6, 6.07) is 3.81. The fourth-order valence-corrected chi connectivity index (χ4v) is 1.02. The minimum absolute atomic E-state index is 0. The Balaban J connectivity index is 0.00000196. The second kappa shape index (κ2) is 5.34. The number of aliphatic hydroxyl groups excluding tert-OH is 1. The predicted octanol–water partition coefficient (Wildman–Crippen LogP) is 2.12. The lowest BCUT2D eigenvalue weighted by Crippen LogP contribution is -2.14. The molecule has 0 aliphatic heterocycles. The number of aliphatic hydroxyl groups is 1. The summed E-state index contributed by atoms with van der Waals surface area (Å²) >= 11 is 0. The van der Waals surface area contributed by atoms with Gasteiger partial charge in [0, 0.05) is 0 Å². The molecule has 0 amide bonds. The highest BCUT2D eigenvalue weighted by molar-refractivity contribution is 5.85. The quantitative estimate of drug-likeness (QED) is 0.833. The van der Waals surface area contributed by atoms with Gasteiger partial charge < -0.3 is 10.8 Å². The van der Waals surface area contributed by atoms with Gasteiger partial charge in [-0.15, -0.1) is 12.4 Å². The number of halogens is 4. The van der Waals surface area contributed by atoms with E-state index >= 15 is 0 Å². The third-order valence-corrected chi connectivity index (χ3v) is 1.86. The number of benzene rings is 1. The lowest BCUT2D eigenvalue weighted by atomic mass is 10.1. The van der Waals surface area contributed by atoms with Crippen molar-refractivity contribution in [1.29, 1.82) is 0 Å². The summed E-state index contributed by atoms with van der Waals surface area (Å²) < 4.78 is 36.4. The zero-order valence-electron chi connectivity index (χ0n) is 7.66. The molecule has 15 heavy (non-hydrogen) atoms. The minimum atomic E-state index is -4.33.